The molecule has 0 heterocycles. The van der Waals surface area contributed by atoms with Crippen molar-refractivity contribution in [3.05, 3.63) is 0 Å². The van der Waals surface area contributed by atoms with Crippen LogP contribution < -0.4 is 5.32 Å². The molecule has 3 heteroatoms. The first-order valence-corrected chi connectivity index (χ1v) is 4.77. The second kappa shape index (κ2) is 4.21. The minimum absolute atomic E-state index is 0.148. The molecule has 1 rings (SSSR count). The lowest BCUT2D eigenvalue weighted by Gasteiger charge is -2.37. The van der Waals surface area contributed by atoms with Crippen molar-refractivity contribution in [3.8, 4) is 0 Å². The van der Waals surface area contributed by atoms with E-state index < -0.39 is 5.60 Å². The molecule has 12 heavy (non-hydrogen) atoms. The van der Waals surface area contributed by atoms with Crippen LogP contribution in [0, 0.1) is 0 Å². The number of aliphatic hydroxyl groups excluding tert-OH is 1. The zero-order chi connectivity index (χ0) is 9.03. The predicted molar refractivity (Wildman–Crippen MR) is 48.0 cm³/mol. The van der Waals surface area contributed by atoms with E-state index in [4.69, 9.17) is 5.11 Å². The van der Waals surface area contributed by atoms with Crippen LogP contribution >= 0.6 is 0 Å². The maximum atomic E-state index is 9.71. The summed E-state index contributed by atoms with van der Waals surface area (Å²) in [7, 11) is 0. The lowest BCUT2D eigenvalue weighted by molar-refractivity contribution is -0.0343. The average Bonchev–Trinajstić information content (AvgIpc) is 2.03. The van der Waals surface area contributed by atoms with Crippen LogP contribution in [0.3, 0.4) is 0 Å². The molecule has 1 aliphatic rings. The van der Waals surface area contributed by atoms with Crippen molar-refractivity contribution >= 4 is 0 Å². The molecule has 0 amide bonds. The van der Waals surface area contributed by atoms with Crippen molar-refractivity contribution in [3.63, 3.8) is 0 Å². The van der Waals surface area contributed by atoms with E-state index in [0.717, 1.165) is 25.7 Å². The van der Waals surface area contributed by atoms with E-state index in [9.17, 15) is 5.11 Å². The third-order valence-electron chi connectivity index (χ3n) is 2.72. The van der Waals surface area contributed by atoms with Gasteiger partial charge in [-0.2, -0.15) is 0 Å². The van der Waals surface area contributed by atoms with Gasteiger partial charge in [-0.3, -0.25) is 0 Å². The Hall–Kier alpha value is -0.120. The van der Waals surface area contributed by atoms with E-state index in [1.165, 1.54) is 0 Å². The third-order valence-corrected chi connectivity index (χ3v) is 2.72. The summed E-state index contributed by atoms with van der Waals surface area (Å²) >= 11 is 0. The first-order chi connectivity index (χ1) is 5.70. The molecular formula is C9H19NO2. The van der Waals surface area contributed by atoms with Crippen LogP contribution in [0.15, 0.2) is 0 Å². The fourth-order valence-corrected chi connectivity index (χ4v) is 1.43. The van der Waals surface area contributed by atoms with Gasteiger partial charge in [0.1, 0.15) is 0 Å². The molecule has 0 saturated heterocycles. The Kier molecular flexibility index (Phi) is 3.50. The molecule has 0 bridgehead atoms. The maximum absolute atomic E-state index is 9.71. The molecule has 1 atom stereocenters. The molecule has 0 radical (unpaired) electrons. The molecule has 1 saturated carbocycles. The first kappa shape index (κ1) is 9.96. The predicted octanol–water partition coefficient (Wildman–Crippen LogP) is 0.262. The quantitative estimate of drug-likeness (QED) is 0.559. The summed E-state index contributed by atoms with van der Waals surface area (Å²) in [5.74, 6) is 0. The largest absolute Gasteiger partial charge is 0.395 e. The molecule has 0 aliphatic heterocycles. The van der Waals surface area contributed by atoms with Gasteiger partial charge in [-0.1, -0.05) is 6.92 Å². The molecule has 72 valence electrons. The molecule has 0 aromatic heterocycles. The SMILES string of the molecule is CCC(CO)NCC1(O)CCC1. The first-order valence-electron chi connectivity index (χ1n) is 4.77. The van der Waals surface area contributed by atoms with E-state index in [2.05, 4.69) is 5.32 Å². The van der Waals surface area contributed by atoms with Crippen molar-refractivity contribution in [2.24, 2.45) is 0 Å². The van der Waals surface area contributed by atoms with Gasteiger partial charge in [0.05, 0.1) is 12.2 Å². The molecule has 1 fully saturated rings. The van der Waals surface area contributed by atoms with Crippen molar-refractivity contribution in [2.75, 3.05) is 13.2 Å². The standard InChI is InChI=1S/C9H19NO2/c1-2-8(6-11)10-7-9(12)4-3-5-9/h8,10-12H,2-7H2,1H3. The van der Waals surface area contributed by atoms with Gasteiger partial charge in [0.25, 0.3) is 0 Å². The molecule has 0 spiro atoms. The maximum Gasteiger partial charge on any atom is 0.0771 e. The van der Waals surface area contributed by atoms with Crippen LogP contribution in [0.5, 0.6) is 0 Å². The molecule has 1 unspecified atom stereocenters. The summed E-state index contributed by atoms with van der Waals surface area (Å²) in [5.41, 5.74) is -0.470. The second-order valence-corrected chi connectivity index (χ2v) is 3.75. The van der Waals surface area contributed by atoms with Gasteiger partial charge in [0, 0.05) is 12.6 Å². The Labute approximate surface area is 73.8 Å². The number of hydrogen-bond donors (Lipinski definition) is 3. The molecule has 1 aliphatic carbocycles. The molecule has 3 N–H and O–H groups in total. The van der Waals surface area contributed by atoms with E-state index in [-0.39, 0.29) is 12.6 Å². The lowest BCUT2D eigenvalue weighted by Crippen LogP contribution is -2.49. The van der Waals surface area contributed by atoms with Gasteiger partial charge in [0.15, 0.2) is 0 Å². The van der Waals surface area contributed by atoms with Crippen LogP contribution in [0.2, 0.25) is 0 Å². The molecule has 3 nitrogen and oxygen atoms in total. The summed E-state index contributed by atoms with van der Waals surface area (Å²) in [6.45, 7) is 2.82. The summed E-state index contributed by atoms with van der Waals surface area (Å²) < 4.78 is 0. The van der Waals surface area contributed by atoms with Crippen molar-refractivity contribution in [2.45, 2.75) is 44.2 Å². The third kappa shape index (κ3) is 2.44. The van der Waals surface area contributed by atoms with E-state index in [0.29, 0.717) is 6.54 Å². The second-order valence-electron chi connectivity index (χ2n) is 3.75. The van der Waals surface area contributed by atoms with Crippen LogP contribution in [0.25, 0.3) is 0 Å². The summed E-state index contributed by atoms with van der Waals surface area (Å²) in [4.78, 5) is 0. The molecule has 0 aromatic rings. The Balaban J connectivity index is 2.14. The highest BCUT2D eigenvalue weighted by Crippen LogP contribution is 2.30. The summed E-state index contributed by atoms with van der Waals surface area (Å²) in [6, 6.07) is 0.148. The average molecular weight is 173 g/mol. The van der Waals surface area contributed by atoms with E-state index >= 15 is 0 Å². The minimum Gasteiger partial charge on any atom is -0.395 e. The molecular weight excluding hydrogens is 154 g/mol. The normalized spacial score (nSPS) is 23.2. The van der Waals surface area contributed by atoms with Crippen LogP contribution in [-0.4, -0.2) is 35.0 Å². The van der Waals surface area contributed by atoms with Crippen molar-refractivity contribution in [1.29, 1.82) is 0 Å². The van der Waals surface area contributed by atoms with Crippen molar-refractivity contribution < 1.29 is 10.2 Å². The van der Waals surface area contributed by atoms with E-state index in [1.54, 1.807) is 0 Å². The number of rotatable bonds is 5. The highest BCUT2D eigenvalue weighted by molar-refractivity contribution is 4.90. The smallest absolute Gasteiger partial charge is 0.0771 e. The highest BCUT2D eigenvalue weighted by atomic mass is 16.3. The van der Waals surface area contributed by atoms with Gasteiger partial charge < -0.3 is 15.5 Å². The van der Waals surface area contributed by atoms with Crippen LogP contribution in [-0.2, 0) is 0 Å². The Bertz CT molecular complexity index is 130. The number of nitrogens with one attached hydrogen (secondary N) is 1. The van der Waals surface area contributed by atoms with Gasteiger partial charge in [-0.25, -0.2) is 0 Å². The highest BCUT2D eigenvalue weighted by Gasteiger charge is 2.34. The van der Waals surface area contributed by atoms with Gasteiger partial charge >= 0.3 is 0 Å². The minimum atomic E-state index is -0.470. The topological polar surface area (TPSA) is 52.5 Å². The Morgan fingerprint density at radius 2 is 2.17 bits per heavy atom. The molecule has 0 aromatic carbocycles. The monoisotopic (exact) mass is 173 g/mol. The Morgan fingerprint density at radius 1 is 1.50 bits per heavy atom. The van der Waals surface area contributed by atoms with Crippen LogP contribution in [0.1, 0.15) is 32.6 Å². The van der Waals surface area contributed by atoms with Crippen LogP contribution in [0.4, 0.5) is 0 Å². The Morgan fingerprint density at radius 3 is 2.50 bits per heavy atom. The zero-order valence-electron chi connectivity index (χ0n) is 7.71. The fraction of sp³-hybridized carbons (Fsp3) is 1.00. The van der Waals surface area contributed by atoms with Gasteiger partial charge in [-0.15, -0.1) is 0 Å². The zero-order valence-corrected chi connectivity index (χ0v) is 7.71. The fourth-order valence-electron chi connectivity index (χ4n) is 1.43. The lowest BCUT2D eigenvalue weighted by atomic mass is 9.80. The van der Waals surface area contributed by atoms with E-state index in [1.807, 2.05) is 6.92 Å². The van der Waals surface area contributed by atoms with Gasteiger partial charge in [-0.05, 0) is 25.7 Å². The number of aliphatic hydroxyl groups is 2. The summed E-state index contributed by atoms with van der Waals surface area (Å²) in [5, 5.41) is 21.7. The number of hydrogen-bond acceptors (Lipinski definition) is 3. The van der Waals surface area contributed by atoms with Gasteiger partial charge in [0.2, 0.25) is 0 Å². The van der Waals surface area contributed by atoms with Crippen molar-refractivity contribution in [1.82, 2.24) is 5.32 Å². The summed E-state index contributed by atoms with van der Waals surface area (Å²) in [6.07, 6.45) is 3.85.